The SMILES string of the molecule is C=CC(=O)N1CC(OCc2ccc(C(F)(F)F)cc2)C(n2cc(-c3cc[nH]c(=O)c3)nn2)C1. The lowest BCUT2D eigenvalue weighted by Crippen LogP contribution is -2.28. The van der Waals surface area contributed by atoms with E-state index in [1.54, 1.807) is 21.8 Å². The lowest BCUT2D eigenvalue weighted by atomic mass is 10.1. The van der Waals surface area contributed by atoms with Crippen molar-refractivity contribution in [3.8, 4) is 11.3 Å². The molecule has 8 nitrogen and oxygen atoms in total. The van der Waals surface area contributed by atoms with Crippen LogP contribution in [0.1, 0.15) is 17.2 Å². The predicted octanol–water partition coefficient (Wildman–Crippen LogP) is 2.81. The van der Waals surface area contributed by atoms with E-state index in [2.05, 4.69) is 21.9 Å². The average Bonchev–Trinajstić information content (AvgIpc) is 3.44. The minimum atomic E-state index is -4.41. The number of likely N-dealkylation sites (tertiary alicyclic amines) is 1. The maximum atomic E-state index is 12.8. The summed E-state index contributed by atoms with van der Waals surface area (Å²) in [6.45, 7) is 4.12. The molecule has 1 aliphatic heterocycles. The number of carbonyl (C=O) groups is 1. The van der Waals surface area contributed by atoms with Crippen molar-refractivity contribution in [1.29, 1.82) is 0 Å². The number of hydrogen-bond acceptors (Lipinski definition) is 5. The number of ether oxygens (including phenoxy) is 1. The Morgan fingerprint density at radius 3 is 2.67 bits per heavy atom. The molecule has 1 aliphatic rings. The van der Waals surface area contributed by atoms with Gasteiger partial charge in [0.2, 0.25) is 11.5 Å². The normalized spacial score (nSPS) is 18.5. The summed E-state index contributed by atoms with van der Waals surface area (Å²) in [7, 11) is 0. The van der Waals surface area contributed by atoms with Gasteiger partial charge >= 0.3 is 6.18 Å². The van der Waals surface area contributed by atoms with Gasteiger partial charge in [-0.05, 0) is 29.8 Å². The molecule has 0 spiro atoms. The van der Waals surface area contributed by atoms with E-state index in [0.29, 0.717) is 23.4 Å². The maximum Gasteiger partial charge on any atom is 0.416 e. The van der Waals surface area contributed by atoms with E-state index >= 15 is 0 Å². The third-order valence-corrected chi connectivity index (χ3v) is 5.39. The number of carbonyl (C=O) groups excluding carboxylic acids is 1. The lowest BCUT2D eigenvalue weighted by molar-refractivity contribution is -0.137. The van der Waals surface area contributed by atoms with Crippen LogP contribution in [-0.2, 0) is 22.3 Å². The minimum Gasteiger partial charge on any atom is -0.369 e. The summed E-state index contributed by atoms with van der Waals surface area (Å²) in [6, 6.07) is 7.44. The van der Waals surface area contributed by atoms with Crippen LogP contribution in [0.5, 0.6) is 0 Å². The van der Waals surface area contributed by atoms with Crippen molar-refractivity contribution >= 4 is 5.91 Å². The molecule has 1 fully saturated rings. The van der Waals surface area contributed by atoms with Crippen LogP contribution in [0, 0.1) is 0 Å². The van der Waals surface area contributed by atoms with Crippen molar-refractivity contribution in [3.63, 3.8) is 0 Å². The van der Waals surface area contributed by atoms with Crippen molar-refractivity contribution in [1.82, 2.24) is 24.9 Å². The van der Waals surface area contributed by atoms with Gasteiger partial charge in [-0.3, -0.25) is 9.59 Å². The van der Waals surface area contributed by atoms with Crippen LogP contribution in [-0.4, -0.2) is 50.0 Å². The van der Waals surface area contributed by atoms with Crippen molar-refractivity contribution < 1.29 is 22.7 Å². The van der Waals surface area contributed by atoms with Gasteiger partial charge in [0.15, 0.2) is 0 Å². The van der Waals surface area contributed by atoms with Gasteiger partial charge < -0.3 is 14.6 Å². The molecular weight excluding hydrogens is 439 g/mol. The molecule has 1 N–H and O–H groups in total. The van der Waals surface area contributed by atoms with Crippen molar-refractivity contribution in [3.05, 3.63) is 82.9 Å². The minimum absolute atomic E-state index is 0.0606. The topological polar surface area (TPSA) is 93.1 Å². The van der Waals surface area contributed by atoms with Crippen molar-refractivity contribution in [2.24, 2.45) is 0 Å². The Hall–Kier alpha value is -3.73. The number of rotatable bonds is 6. The number of nitrogens with one attached hydrogen (secondary N) is 1. The molecule has 0 bridgehead atoms. The second-order valence-corrected chi connectivity index (χ2v) is 7.58. The fourth-order valence-corrected chi connectivity index (χ4v) is 3.65. The number of pyridine rings is 1. The molecule has 2 unspecified atom stereocenters. The van der Waals surface area contributed by atoms with Gasteiger partial charge in [0.05, 0.1) is 30.5 Å². The number of benzene rings is 1. The molecule has 33 heavy (non-hydrogen) atoms. The van der Waals surface area contributed by atoms with Gasteiger partial charge in [-0.25, -0.2) is 4.68 Å². The lowest BCUT2D eigenvalue weighted by Gasteiger charge is -2.19. The summed E-state index contributed by atoms with van der Waals surface area (Å²) in [6.07, 6.45) is -0.513. The van der Waals surface area contributed by atoms with E-state index in [-0.39, 0.29) is 30.7 Å². The molecule has 0 saturated carbocycles. The largest absolute Gasteiger partial charge is 0.416 e. The molecule has 11 heteroatoms. The Morgan fingerprint density at radius 1 is 1.24 bits per heavy atom. The summed E-state index contributed by atoms with van der Waals surface area (Å²) in [5, 5.41) is 8.28. The standard InChI is InChI=1S/C22H20F3N5O3/c1-2-21(32)29-11-18(30-10-17(27-28-30)15-7-8-26-20(31)9-15)19(12-29)33-13-14-3-5-16(6-4-14)22(23,24)25/h2-10,18-19H,1,11-13H2,(H,26,31). The first-order chi connectivity index (χ1) is 15.7. The van der Waals surface area contributed by atoms with Crippen LogP contribution in [0.15, 0.2) is 66.2 Å². The van der Waals surface area contributed by atoms with Gasteiger partial charge in [0.25, 0.3) is 0 Å². The summed E-state index contributed by atoms with van der Waals surface area (Å²) in [5.74, 6) is -0.268. The van der Waals surface area contributed by atoms with E-state index in [0.717, 1.165) is 12.1 Å². The zero-order valence-corrected chi connectivity index (χ0v) is 17.3. The smallest absolute Gasteiger partial charge is 0.369 e. The van der Waals surface area contributed by atoms with Crippen LogP contribution in [0.2, 0.25) is 0 Å². The number of hydrogen-bond donors (Lipinski definition) is 1. The zero-order chi connectivity index (χ0) is 23.6. The fourth-order valence-electron chi connectivity index (χ4n) is 3.65. The van der Waals surface area contributed by atoms with Gasteiger partial charge in [-0.15, -0.1) is 5.10 Å². The molecule has 4 rings (SSSR count). The molecule has 1 saturated heterocycles. The number of alkyl halides is 3. The molecule has 3 heterocycles. The van der Waals surface area contributed by atoms with Gasteiger partial charge in [0, 0.05) is 30.9 Å². The Labute approximate surface area is 186 Å². The highest BCUT2D eigenvalue weighted by atomic mass is 19.4. The molecular formula is C22H20F3N5O3. The summed E-state index contributed by atoms with van der Waals surface area (Å²) < 4.78 is 45.9. The van der Waals surface area contributed by atoms with Crippen LogP contribution in [0.4, 0.5) is 13.2 Å². The third kappa shape index (κ3) is 5.03. The van der Waals surface area contributed by atoms with E-state index in [1.807, 2.05) is 0 Å². The quantitative estimate of drug-likeness (QED) is 0.573. The maximum absolute atomic E-state index is 12.8. The summed E-state index contributed by atoms with van der Waals surface area (Å²) >= 11 is 0. The Morgan fingerprint density at radius 2 is 2.00 bits per heavy atom. The van der Waals surface area contributed by atoms with E-state index < -0.39 is 17.8 Å². The molecule has 3 aromatic rings. The molecule has 0 aliphatic carbocycles. The average molecular weight is 459 g/mol. The second kappa shape index (κ2) is 9.02. The molecule has 1 aromatic carbocycles. The first kappa shape index (κ1) is 22.5. The van der Waals surface area contributed by atoms with Crippen LogP contribution in [0.25, 0.3) is 11.3 Å². The third-order valence-electron chi connectivity index (χ3n) is 5.39. The molecule has 2 aromatic heterocycles. The molecule has 2 atom stereocenters. The number of halogens is 3. The highest BCUT2D eigenvalue weighted by Crippen LogP contribution is 2.30. The number of amides is 1. The van der Waals surface area contributed by atoms with Gasteiger partial charge in [0.1, 0.15) is 5.69 Å². The number of aromatic nitrogens is 4. The second-order valence-electron chi connectivity index (χ2n) is 7.58. The van der Waals surface area contributed by atoms with Crippen LogP contribution >= 0.6 is 0 Å². The van der Waals surface area contributed by atoms with E-state index in [4.69, 9.17) is 4.74 Å². The first-order valence-corrected chi connectivity index (χ1v) is 10.0. The van der Waals surface area contributed by atoms with E-state index in [9.17, 15) is 22.8 Å². The number of nitrogens with zero attached hydrogens (tertiary/aromatic N) is 4. The van der Waals surface area contributed by atoms with Crippen LogP contribution < -0.4 is 5.56 Å². The number of H-pyrrole nitrogens is 1. The Bertz CT molecular complexity index is 1200. The molecule has 1 amide bonds. The highest BCUT2D eigenvalue weighted by molar-refractivity contribution is 5.87. The van der Waals surface area contributed by atoms with Gasteiger partial charge in [-0.2, -0.15) is 13.2 Å². The first-order valence-electron chi connectivity index (χ1n) is 10.0. The zero-order valence-electron chi connectivity index (χ0n) is 17.3. The highest BCUT2D eigenvalue weighted by Gasteiger charge is 2.37. The Balaban J connectivity index is 1.52. The fraction of sp³-hybridized carbons (Fsp3) is 0.273. The van der Waals surface area contributed by atoms with Crippen molar-refractivity contribution in [2.75, 3.05) is 13.1 Å². The molecule has 172 valence electrons. The van der Waals surface area contributed by atoms with Crippen LogP contribution in [0.3, 0.4) is 0 Å². The Kier molecular flexibility index (Phi) is 6.14. The van der Waals surface area contributed by atoms with E-state index in [1.165, 1.54) is 30.5 Å². The summed E-state index contributed by atoms with van der Waals surface area (Å²) in [5.41, 5.74) is 0.629. The number of aromatic amines is 1. The predicted molar refractivity (Wildman–Crippen MR) is 112 cm³/mol. The van der Waals surface area contributed by atoms with Gasteiger partial charge in [-0.1, -0.05) is 23.9 Å². The van der Waals surface area contributed by atoms with Crippen molar-refractivity contribution in [2.45, 2.75) is 24.9 Å². The summed E-state index contributed by atoms with van der Waals surface area (Å²) in [4.78, 5) is 27.8. The molecule has 0 radical (unpaired) electrons. The monoisotopic (exact) mass is 459 g/mol.